The summed E-state index contributed by atoms with van der Waals surface area (Å²) in [5, 5.41) is 9.14. The Hall–Kier alpha value is -1.63. The zero-order valence-electron chi connectivity index (χ0n) is 27.9. The van der Waals surface area contributed by atoms with Gasteiger partial charge in [0.1, 0.15) is 0 Å². The molecule has 1 aliphatic heterocycles. The summed E-state index contributed by atoms with van der Waals surface area (Å²) in [5.41, 5.74) is -0.945. The largest absolute Gasteiger partial charge is 0.375 e. The van der Waals surface area contributed by atoms with Gasteiger partial charge in [0, 0.05) is 33.9 Å². The minimum atomic E-state index is -0.301. The first-order valence-corrected chi connectivity index (χ1v) is 15.0. The molecule has 3 amide bonds. The lowest BCUT2D eigenvalue weighted by molar-refractivity contribution is -0.131. The SMILES string of the molecule is CC(C)(C)C(=O)NC1CCCCC1.CC(C)(C)NC(=O)C(C)(C)C.CC1CC(NC(=O)C(C)(C)C)CC(C)O1. The summed E-state index contributed by atoms with van der Waals surface area (Å²) in [7, 11) is 0. The highest BCUT2D eigenvalue weighted by Crippen LogP contribution is 2.22. The number of hydrogen-bond acceptors (Lipinski definition) is 4. The van der Waals surface area contributed by atoms with Gasteiger partial charge in [-0.3, -0.25) is 14.4 Å². The quantitative estimate of drug-likeness (QED) is 0.362. The van der Waals surface area contributed by atoms with E-state index in [0.717, 1.165) is 12.8 Å². The second kappa shape index (κ2) is 15.4. The molecule has 2 aliphatic rings. The summed E-state index contributed by atoms with van der Waals surface area (Å²) in [6.45, 7) is 27.5. The van der Waals surface area contributed by atoms with Crippen LogP contribution in [-0.2, 0) is 19.1 Å². The van der Waals surface area contributed by atoms with Crippen molar-refractivity contribution in [1.82, 2.24) is 16.0 Å². The van der Waals surface area contributed by atoms with Gasteiger partial charge in [-0.05, 0) is 60.3 Å². The fraction of sp³-hybridized carbons (Fsp3) is 0.906. The monoisotopic (exact) mass is 553 g/mol. The van der Waals surface area contributed by atoms with Gasteiger partial charge in [-0.25, -0.2) is 0 Å². The average molecular weight is 554 g/mol. The maximum atomic E-state index is 11.8. The maximum Gasteiger partial charge on any atom is 0.225 e. The molecule has 1 heterocycles. The van der Waals surface area contributed by atoms with Crippen molar-refractivity contribution in [1.29, 1.82) is 0 Å². The molecular weight excluding hydrogens is 490 g/mol. The lowest BCUT2D eigenvalue weighted by atomic mass is 9.91. The van der Waals surface area contributed by atoms with Crippen molar-refractivity contribution in [2.45, 2.75) is 172 Å². The standard InChI is InChI=1S/C12H23NO2.C11H21NO.C9H19NO/c1-8-6-10(7-9(2)15-8)13-11(14)12(3,4)5;1-11(2,3)10(13)12-9-7-5-4-6-8-9;1-8(2,3)7(11)10-9(4,5)6/h8-10H,6-7H2,1-5H3,(H,13,14);9H,4-8H2,1-3H3,(H,12,13);1-6H3,(H,10,11). The van der Waals surface area contributed by atoms with Crippen LogP contribution in [-0.4, -0.2) is 47.6 Å². The molecule has 0 aromatic rings. The van der Waals surface area contributed by atoms with Crippen LogP contribution in [0, 0.1) is 16.2 Å². The van der Waals surface area contributed by atoms with E-state index in [4.69, 9.17) is 4.74 Å². The fourth-order valence-corrected chi connectivity index (χ4v) is 4.10. The summed E-state index contributed by atoms with van der Waals surface area (Å²) in [4.78, 5) is 34.8. The van der Waals surface area contributed by atoms with E-state index in [1.807, 2.05) is 83.1 Å². The van der Waals surface area contributed by atoms with Crippen molar-refractivity contribution in [3.05, 3.63) is 0 Å². The highest BCUT2D eigenvalue weighted by Gasteiger charge is 2.29. The molecule has 1 aliphatic carbocycles. The Balaban J connectivity index is 0.000000563. The molecule has 2 fully saturated rings. The summed E-state index contributed by atoms with van der Waals surface area (Å²) < 4.78 is 5.63. The number of amides is 3. The molecule has 39 heavy (non-hydrogen) atoms. The number of nitrogens with one attached hydrogen (secondary N) is 3. The van der Waals surface area contributed by atoms with Crippen molar-refractivity contribution >= 4 is 17.7 Å². The summed E-state index contributed by atoms with van der Waals surface area (Å²) in [6, 6.07) is 0.718. The van der Waals surface area contributed by atoms with E-state index in [1.165, 1.54) is 32.1 Å². The number of rotatable bonds is 2. The Kier molecular flexibility index (Phi) is 14.7. The molecule has 1 saturated carbocycles. The van der Waals surface area contributed by atoms with E-state index in [1.54, 1.807) is 0 Å². The van der Waals surface area contributed by atoms with Crippen LogP contribution in [0.1, 0.15) is 142 Å². The van der Waals surface area contributed by atoms with Crippen LogP contribution >= 0.6 is 0 Å². The Labute approximate surface area is 240 Å². The smallest absolute Gasteiger partial charge is 0.225 e. The van der Waals surface area contributed by atoms with Gasteiger partial charge in [-0.15, -0.1) is 0 Å². The zero-order valence-corrected chi connectivity index (χ0v) is 27.9. The molecular formula is C32H63N3O4. The zero-order chi connectivity index (χ0) is 30.8. The normalized spacial score (nSPS) is 22.8. The maximum absolute atomic E-state index is 11.8. The lowest BCUT2D eigenvalue weighted by Crippen LogP contribution is -2.47. The molecule has 0 radical (unpaired) electrons. The Morgan fingerprint density at radius 2 is 0.923 bits per heavy atom. The molecule has 0 aromatic heterocycles. The highest BCUT2D eigenvalue weighted by molar-refractivity contribution is 5.82. The number of carbonyl (C=O) groups excluding carboxylic acids is 3. The van der Waals surface area contributed by atoms with Gasteiger partial charge in [-0.1, -0.05) is 81.6 Å². The second-order valence-electron chi connectivity index (χ2n) is 15.7. The van der Waals surface area contributed by atoms with Gasteiger partial charge in [-0.2, -0.15) is 0 Å². The molecule has 0 aromatic carbocycles. The summed E-state index contributed by atoms with van der Waals surface area (Å²) >= 11 is 0. The van der Waals surface area contributed by atoms with Crippen molar-refractivity contribution in [3.63, 3.8) is 0 Å². The Morgan fingerprint density at radius 1 is 0.564 bits per heavy atom. The van der Waals surface area contributed by atoms with Crippen LogP contribution in [0.5, 0.6) is 0 Å². The minimum Gasteiger partial charge on any atom is -0.375 e. The van der Waals surface area contributed by atoms with E-state index >= 15 is 0 Å². The summed E-state index contributed by atoms with van der Waals surface area (Å²) in [6.07, 6.45) is 8.56. The van der Waals surface area contributed by atoms with Crippen LogP contribution in [0.2, 0.25) is 0 Å². The molecule has 7 heteroatoms. The average Bonchev–Trinajstić information content (AvgIpc) is 2.71. The molecule has 2 atom stereocenters. The Bertz CT molecular complexity index is 750. The molecule has 0 spiro atoms. The van der Waals surface area contributed by atoms with Crippen LogP contribution < -0.4 is 16.0 Å². The van der Waals surface area contributed by atoms with Crippen molar-refractivity contribution in [3.8, 4) is 0 Å². The van der Waals surface area contributed by atoms with Crippen LogP contribution in [0.25, 0.3) is 0 Å². The number of carbonyl (C=O) groups is 3. The van der Waals surface area contributed by atoms with Crippen molar-refractivity contribution < 1.29 is 19.1 Å². The molecule has 2 unspecified atom stereocenters. The molecule has 2 rings (SSSR count). The third-order valence-electron chi connectivity index (χ3n) is 6.51. The highest BCUT2D eigenvalue weighted by atomic mass is 16.5. The van der Waals surface area contributed by atoms with Crippen molar-refractivity contribution in [2.24, 2.45) is 16.2 Å². The molecule has 7 nitrogen and oxygen atoms in total. The van der Waals surface area contributed by atoms with Crippen LogP contribution in [0.4, 0.5) is 0 Å². The van der Waals surface area contributed by atoms with E-state index in [0.29, 0.717) is 6.04 Å². The molecule has 230 valence electrons. The van der Waals surface area contributed by atoms with Gasteiger partial charge in [0.2, 0.25) is 17.7 Å². The number of ether oxygens (including phenoxy) is 1. The third kappa shape index (κ3) is 17.6. The van der Waals surface area contributed by atoms with Gasteiger partial charge in [0.05, 0.1) is 12.2 Å². The van der Waals surface area contributed by atoms with Crippen molar-refractivity contribution in [2.75, 3.05) is 0 Å². The lowest BCUT2D eigenvalue weighted by Gasteiger charge is -2.34. The van der Waals surface area contributed by atoms with Gasteiger partial charge in [0.15, 0.2) is 0 Å². The first-order valence-electron chi connectivity index (χ1n) is 15.0. The second-order valence-corrected chi connectivity index (χ2v) is 15.7. The molecule has 0 bridgehead atoms. The Morgan fingerprint density at radius 3 is 1.23 bits per heavy atom. The van der Waals surface area contributed by atoms with Gasteiger partial charge >= 0.3 is 0 Å². The predicted molar refractivity (Wildman–Crippen MR) is 162 cm³/mol. The van der Waals surface area contributed by atoms with Crippen LogP contribution in [0.3, 0.4) is 0 Å². The van der Waals surface area contributed by atoms with Gasteiger partial charge < -0.3 is 20.7 Å². The molecule has 1 saturated heterocycles. The van der Waals surface area contributed by atoms with Crippen LogP contribution in [0.15, 0.2) is 0 Å². The topological polar surface area (TPSA) is 96.5 Å². The van der Waals surface area contributed by atoms with E-state index < -0.39 is 0 Å². The molecule has 3 N–H and O–H groups in total. The number of hydrogen-bond donors (Lipinski definition) is 3. The van der Waals surface area contributed by atoms with E-state index in [2.05, 4.69) is 29.8 Å². The fourth-order valence-electron chi connectivity index (χ4n) is 4.10. The van der Waals surface area contributed by atoms with E-state index in [-0.39, 0.29) is 57.8 Å². The first-order chi connectivity index (χ1) is 17.4. The van der Waals surface area contributed by atoms with E-state index in [9.17, 15) is 14.4 Å². The third-order valence-corrected chi connectivity index (χ3v) is 6.51. The van der Waals surface area contributed by atoms with Gasteiger partial charge in [0.25, 0.3) is 0 Å². The first kappa shape index (κ1) is 37.4. The predicted octanol–water partition coefficient (Wildman–Crippen LogP) is 6.53. The minimum absolute atomic E-state index is 0.102. The summed E-state index contributed by atoms with van der Waals surface area (Å²) in [5.74, 6) is 0.429.